The quantitative estimate of drug-likeness (QED) is 0.633. The van der Waals surface area contributed by atoms with E-state index in [9.17, 15) is 4.79 Å². The molecule has 0 aromatic carbocycles. The van der Waals surface area contributed by atoms with E-state index in [-0.39, 0.29) is 0 Å². The summed E-state index contributed by atoms with van der Waals surface area (Å²) in [7, 11) is 1.35. The molecule has 0 aliphatic heterocycles. The number of nitrogens with zero attached hydrogens (tertiary/aromatic N) is 1. The van der Waals surface area contributed by atoms with Crippen LogP contribution in [0.5, 0.6) is 0 Å². The van der Waals surface area contributed by atoms with Gasteiger partial charge in [0.25, 0.3) is 0 Å². The lowest BCUT2D eigenvalue weighted by atomic mass is 10.3. The van der Waals surface area contributed by atoms with Gasteiger partial charge in [-0.3, -0.25) is 0 Å². The third-order valence-electron chi connectivity index (χ3n) is 1.56. The minimum absolute atomic E-state index is 0.337. The van der Waals surface area contributed by atoms with Gasteiger partial charge in [-0.1, -0.05) is 13.8 Å². The molecule has 5 heteroatoms. The van der Waals surface area contributed by atoms with Crippen molar-refractivity contribution in [2.75, 3.05) is 7.11 Å². The van der Waals surface area contributed by atoms with Gasteiger partial charge in [0.15, 0.2) is 0 Å². The highest BCUT2D eigenvalue weighted by atomic mass is 79.9. The smallest absolute Gasteiger partial charge is 0.356 e. The number of thioether (sulfide) groups is 1. The fraction of sp³-hybridized carbons (Fsp3) is 0.400. The topological polar surface area (TPSA) is 39.2 Å². The van der Waals surface area contributed by atoms with Gasteiger partial charge in [-0.2, -0.15) is 0 Å². The van der Waals surface area contributed by atoms with Gasteiger partial charge in [-0.05, 0) is 28.1 Å². The van der Waals surface area contributed by atoms with Gasteiger partial charge in [-0.15, -0.1) is 11.8 Å². The molecule has 0 spiro atoms. The second-order valence-corrected chi connectivity index (χ2v) is 5.56. The summed E-state index contributed by atoms with van der Waals surface area (Å²) < 4.78 is 5.51. The van der Waals surface area contributed by atoms with Crippen LogP contribution >= 0.6 is 27.7 Å². The Labute approximate surface area is 102 Å². The first kappa shape index (κ1) is 12.5. The summed E-state index contributed by atoms with van der Waals surface area (Å²) in [5, 5.41) is 1.23. The molecule has 0 radical (unpaired) electrons. The molecule has 0 N–H and O–H groups in total. The first-order chi connectivity index (χ1) is 7.04. The summed E-state index contributed by atoms with van der Waals surface area (Å²) in [5.41, 5.74) is 0.337. The Hall–Kier alpha value is -0.550. The molecule has 15 heavy (non-hydrogen) atoms. The van der Waals surface area contributed by atoms with Gasteiger partial charge in [0.1, 0.15) is 10.7 Å². The molecule has 0 aliphatic rings. The molecule has 0 fully saturated rings. The molecule has 3 nitrogen and oxygen atoms in total. The molecule has 1 aromatic heterocycles. The van der Waals surface area contributed by atoms with Crippen LogP contribution in [0.3, 0.4) is 0 Å². The highest BCUT2D eigenvalue weighted by molar-refractivity contribution is 9.10. The molecule has 0 amide bonds. The van der Waals surface area contributed by atoms with E-state index in [4.69, 9.17) is 0 Å². The molecule has 1 aromatic rings. The van der Waals surface area contributed by atoms with Crippen LogP contribution in [0, 0.1) is 0 Å². The zero-order valence-corrected chi connectivity index (χ0v) is 11.2. The van der Waals surface area contributed by atoms with E-state index in [0.717, 1.165) is 9.50 Å². The standard InChI is InChI=1S/C10H12BrNO2S/c1-6(2)15-9-7(11)4-5-8(12-9)10(13)14-3/h4-6H,1-3H3. The van der Waals surface area contributed by atoms with Crippen LogP contribution in [0.25, 0.3) is 0 Å². The number of pyridine rings is 1. The maximum Gasteiger partial charge on any atom is 0.356 e. The second kappa shape index (κ2) is 5.51. The molecule has 0 bridgehead atoms. The third-order valence-corrected chi connectivity index (χ3v) is 3.46. The van der Waals surface area contributed by atoms with E-state index in [0.29, 0.717) is 10.9 Å². The number of rotatable bonds is 3. The lowest BCUT2D eigenvalue weighted by molar-refractivity contribution is 0.0593. The number of hydrogen-bond donors (Lipinski definition) is 0. The summed E-state index contributed by atoms with van der Waals surface area (Å²) in [4.78, 5) is 15.5. The van der Waals surface area contributed by atoms with Crippen molar-refractivity contribution < 1.29 is 9.53 Å². The molecule has 0 aliphatic carbocycles. The van der Waals surface area contributed by atoms with Crippen molar-refractivity contribution in [3.63, 3.8) is 0 Å². The highest BCUT2D eigenvalue weighted by Gasteiger charge is 2.11. The average Bonchev–Trinajstić information content (AvgIpc) is 2.19. The van der Waals surface area contributed by atoms with Gasteiger partial charge in [0, 0.05) is 9.72 Å². The van der Waals surface area contributed by atoms with E-state index in [1.165, 1.54) is 7.11 Å². The predicted octanol–water partition coefficient (Wildman–Crippen LogP) is 3.13. The Balaban J connectivity index is 2.99. The third kappa shape index (κ3) is 3.50. The Kier molecular flexibility index (Phi) is 4.60. The van der Waals surface area contributed by atoms with Gasteiger partial charge in [-0.25, -0.2) is 9.78 Å². The Morgan fingerprint density at radius 1 is 1.53 bits per heavy atom. The lowest BCUT2D eigenvalue weighted by Gasteiger charge is -2.07. The highest BCUT2D eigenvalue weighted by Crippen LogP contribution is 2.28. The van der Waals surface area contributed by atoms with Gasteiger partial charge >= 0.3 is 5.97 Å². The number of halogens is 1. The van der Waals surface area contributed by atoms with Crippen LogP contribution in [0.4, 0.5) is 0 Å². The lowest BCUT2D eigenvalue weighted by Crippen LogP contribution is -2.05. The van der Waals surface area contributed by atoms with Gasteiger partial charge in [0.2, 0.25) is 0 Å². The molecule has 82 valence electrons. The number of hydrogen-bond acceptors (Lipinski definition) is 4. The molecular formula is C10H12BrNO2S. The summed E-state index contributed by atoms with van der Waals surface area (Å²) >= 11 is 5.00. The molecule has 0 saturated heterocycles. The first-order valence-electron chi connectivity index (χ1n) is 4.46. The van der Waals surface area contributed by atoms with Crippen LogP contribution in [0.1, 0.15) is 24.3 Å². The van der Waals surface area contributed by atoms with Crippen molar-refractivity contribution in [2.24, 2.45) is 0 Å². The molecule has 1 heterocycles. The van der Waals surface area contributed by atoms with Crippen molar-refractivity contribution in [3.8, 4) is 0 Å². The van der Waals surface area contributed by atoms with Crippen LogP contribution in [-0.4, -0.2) is 23.3 Å². The van der Waals surface area contributed by atoms with E-state index in [1.54, 1.807) is 17.8 Å². The van der Waals surface area contributed by atoms with Crippen molar-refractivity contribution in [1.29, 1.82) is 0 Å². The Morgan fingerprint density at radius 2 is 2.20 bits per heavy atom. The number of aromatic nitrogens is 1. The maximum atomic E-state index is 11.3. The molecule has 1 rings (SSSR count). The molecule has 0 unspecified atom stereocenters. The summed E-state index contributed by atoms with van der Waals surface area (Å²) in [5.74, 6) is -0.409. The van der Waals surface area contributed by atoms with Gasteiger partial charge in [0.05, 0.1) is 7.11 Å². The summed E-state index contributed by atoms with van der Waals surface area (Å²) in [6.07, 6.45) is 0. The number of methoxy groups -OCH3 is 1. The van der Waals surface area contributed by atoms with Crippen LogP contribution in [0.15, 0.2) is 21.6 Å². The normalized spacial score (nSPS) is 10.5. The average molecular weight is 290 g/mol. The molecule has 0 atom stereocenters. The Bertz CT molecular complexity index is 368. The second-order valence-electron chi connectivity index (χ2n) is 3.14. The fourth-order valence-electron chi connectivity index (χ4n) is 0.948. The van der Waals surface area contributed by atoms with Crippen molar-refractivity contribution in [3.05, 3.63) is 22.3 Å². The fourth-order valence-corrected chi connectivity index (χ4v) is 2.23. The van der Waals surface area contributed by atoms with Crippen LogP contribution in [-0.2, 0) is 4.74 Å². The van der Waals surface area contributed by atoms with Crippen molar-refractivity contribution in [1.82, 2.24) is 4.98 Å². The van der Waals surface area contributed by atoms with Crippen molar-refractivity contribution >= 4 is 33.7 Å². The zero-order chi connectivity index (χ0) is 11.4. The Morgan fingerprint density at radius 3 is 2.73 bits per heavy atom. The number of carbonyl (C=O) groups excluding carboxylic acids is 1. The maximum absolute atomic E-state index is 11.3. The van der Waals surface area contributed by atoms with E-state index in [2.05, 4.69) is 39.5 Å². The van der Waals surface area contributed by atoms with E-state index in [1.807, 2.05) is 6.07 Å². The molecule has 0 saturated carbocycles. The SMILES string of the molecule is COC(=O)c1ccc(Br)c(SC(C)C)n1. The number of carbonyl (C=O) groups is 1. The number of esters is 1. The largest absolute Gasteiger partial charge is 0.464 e. The minimum Gasteiger partial charge on any atom is -0.464 e. The monoisotopic (exact) mass is 289 g/mol. The first-order valence-corrected chi connectivity index (χ1v) is 6.13. The van der Waals surface area contributed by atoms with E-state index < -0.39 is 5.97 Å². The van der Waals surface area contributed by atoms with Crippen LogP contribution < -0.4 is 0 Å². The number of ether oxygens (including phenoxy) is 1. The summed E-state index contributed by atoms with van der Waals surface area (Å²) in [6, 6.07) is 3.45. The van der Waals surface area contributed by atoms with Crippen LogP contribution in [0.2, 0.25) is 0 Å². The minimum atomic E-state index is -0.409. The zero-order valence-electron chi connectivity index (χ0n) is 8.78. The summed E-state index contributed by atoms with van der Waals surface area (Å²) in [6.45, 7) is 4.15. The molecular weight excluding hydrogens is 278 g/mol. The predicted molar refractivity (Wildman–Crippen MR) is 64.3 cm³/mol. The van der Waals surface area contributed by atoms with E-state index >= 15 is 0 Å². The van der Waals surface area contributed by atoms with Crippen molar-refractivity contribution in [2.45, 2.75) is 24.1 Å². The van der Waals surface area contributed by atoms with Gasteiger partial charge < -0.3 is 4.74 Å².